The summed E-state index contributed by atoms with van der Waals surface area (Å²) in [5.74, 6) is -0.168. The zero-order valence-electron chi connectivity index (χ0n) is 20.7. The number of halogens is 2. The molecular formula is C25H32ClFN8OS. The van der Waals surface area contributed by atoms with Crippen LogP contribution in [0.2, 0.25) is 5.02 Å². The van der Waals surface area contributed by atoms with Crippen LogP contribution >= 0.6 is 23.8 Å². The lowest BCUT2D eigenvalue weighted by atomic mass is 10.1. The first-order valence-electron chi connectivity index (χ1n) is 12.1. The van der Waals surface area contributed by atoms with E-state index in [4.69, 9.17) is 29.6 Å². The van der Waals surface area contributed by atoms with E-state index in [9.17, 15) is 9.18 Å². The van der Waals surface area contributed by atoms with Crippen molar-refractivity contribution in [2.75, 3.05) is 49.9 Å². The number of hydrogen-bond donors (Lipinski definition) is 5. The fourth-order valence-electron chi connectivity index (χ4n) is 3.64. The molecular weight excluding hydrogens is 515 g/mol. The van der Waals surface area contributed by atoms with E-state index < -0.39 is 5.82 Å². The van der Waals surface area contributed by atoms with Gasteiger partial charge in [-0.2, -0.15) is 5.10 Å². The minimum Gasteiger partial charge on any atom is -0.353 e. The Hall–Kier alpha value is -2.96. The first-order chi connectivity index (χ1) is 17.9. The second kappa shape index (κ2) is 14.7. The van der Waals surface area contributed by atoms with E-state index in [0.717, 1.165) is 32.6 Å². The summed E-state index contributed by atoms with van der Waals surface area (Å²) in [5.41, 5.74) is 7.26. The lowest BCUT2D eigenvalue weighted by Gasteiger charge is -2.21. The zero-order valence-corrected chi connectivity index (χ0v) is 22.3. The van der Waals surface area contributed by atoms with Crippen molar-refractivity contribution in [3.05, 3.63) is 58.1 Å². The molecule has 0 saturated carbocycles. The lowest BCUT2D eigenvalue weighted by molar-refractivity contribution is -0.116. The van der Waals surface area contributed by atoms with Crippen LogP contribution in [0, 0.1) is 10.5 Å². The van der Waals surface area contributed by atoms with E-state index in [-0.39, 0.29) is 11.5 Å². The van der Waals surface area contributed by atoms with Crippen LogP contribution in [0.3, 0.4) is 0 Å². The number of carbonyl (C=O) groups excluding carboxylic acids is 1. The number of pyridine rings is 1. The van der Waals surface area contributed by atoms with Crippen LogP contribution in [0.1, 0.15) is 19.8 Å². The highest BCUT2D eigenvalue weighted by molar-refractivity contribution is 7.71. The summed E-state index contributed by atoms with van der Waals surface area (Å²) in [6.45, 7) is 6.75. The maximum absolute atomic E-state index is 14.3. The first-order valence-corrected chi connectivity index (χ1v) is 12.9. The number of benzene rings is 1. The number of nitrogens with two attached hydrogens (primary N) is 1. The summed E-state index contributed by atoms with van der Waals surface area (Å²) in [6.07, 6.45) is 2.94. The summed E-state index contributed by atoms with van der Waals surface area (Å²) in [7, 11) is 0. The fraction of sp³-hybridized carbons (Fsp3) is 0.360. The number of nitrogens with one attached hydrogen (secondary N) is 4. The molecule has 0 aliphatic carbocycles. The standard InChI is InChI=1S/C25H32ClFN8OS/c1-2-11-35(13-10-29-9-7-28)12-6-24(36)32-23-15-18(5-8-30-23)31-22-16-21(33-34-25(22)37)19-14-17(26)3-4-20(19)27/h3-5,8,14-16,29H,2,6-7,9-13,28H2,1H3,(H,34,37)(H2,30,31,32,33,36). The molecule has 0 bridgehead atoms. The number of hydrogen-bond acceptors (Lipinski definition) is 8. The van der Waals surface area contributed by atoms with Gasteiger partial charge in [0.05, 0.1) is 11.4 Å². The lowest BCUT2D eigenvalue weighted by Crippen LogP contribution is -2.36. The van der Waals surface area contributed by atoms with Crippen LogP contribution in [0.4, 0.5) is 21.6 Å². The van der Waals surface area contributed by atoms with Gasteiger partial charge in [-0.15, -0.1) is 0 Å². The molecule has 1 aromatic carbocycles. The highest BCUT2D eigenvalue weighted by Gasteiger charge is 2.12. The molecule has 0 spiro atoms. The van der Waals surface area contributed by atoms with Crippen LogP contribution in [0.25, 0.3) is 11.3 Å². The molecule has 12 heteroatoms. The number of carbonyl (C=O) groups is 1. The van der Waals surface area contributed by atoms with Crippen molar-refractivity contribution in [2.45, 2.75) is 19.8 Å². The van der Waals surface area contributed by atoms with Gasteiger partial charge < -0.3 is 26.6 Å². The second-order valence-corrected chi connectivity index (χ2v) is 9.20. The molecule has 198 valence electrons. The van der Waals surface area contributed by atoms with Crippen molar-refractivity contribution in [2.24, 2.45) is 5.73 Å². The molecule has 6 N–H and O–H groups in total. The smallest absolute Gasteiger partial charge is 0.226 e. The Morgan fingerprint density at radius 1 is 1.19 bits per heavy atom. The van der Waals surface area contributed by atoms with E-state index >= 15 is 0 Å². The fourth-order valence-corrected chi connectivity index (χ4v) is 3.97. The Labute approximate surface area is 226 Å². The van der Waals surface area contributed by atoms with Crippen LogP contribution < -0.4 is 21.7 Å². The molecule has 0 aliphatic heterocycles. The van der Waals surface area contributed by atoms with Crippen LogP contribution in [0.5, 0.6) is 0 Å². The summed E-state index contributed by atoms with van der Waals surface area (Å²) < 4.78 is 14.7. The molecule has 0 atom stereocenters. The Balaban J connectivity index is 1.63. The molecule has 0 radical (unpaired) electrons. The third-order valence-electron chi connectivity index (χ3n) is 5.44. The van der Waals surface area contributed by atoms with Gasteiger partial charge in [0.25, 0.3) is 0 Å². The maximum atomic E-state index is 14.3. The van der Waals surface area contributed by atoms with Crippen molar-refractivity contribution in [3.8, 4) is 11.3 Å². The summed E-state index contributed by atoms with van der Waals surface area (Å²) in [4.78, 5) is 19.1. The number of H-pyrrole nitrogens is 1. The second-order valence-electron chi connectivity index (χ2n) is 8.35. The number of anilines is 3. The van der Waals surface area contributed by atoms with Crippen molar-refractivity contribution in [1.29, 1.82) is 0 Å². The number of aromatic nitrogens is 3. The van der Waals surface area contributed by atoms with E-state index in [1.165, 1.54) is 18.2 Å². The van der Waals surface area contributed by atoms with Crippen molar-refractivity contribution >= 4 is 46.9 Å². The molecule has 0 saturated heterocycles. The third-order valence-corrected chi connectivity index (χ3v) is 5.98. The Morgan fingerprint density at radius 2 is 2.03 bits per heavy atom. The molecule has 0 fully saturated rings. The van der Waals surface area contributed by atoms with Crippen LogP contribution in [-0.4, -0.2) is 65.3 Å². The SMILES string of the molecule is CCCN(CCNCCN)CCC(=O)Nc1cc(Nc2cc(-c3cc(Cl)ccc3F)n[nH]c2=S)ccn1. The molecule has 2 heterocycles. The normalized spacial score (nSPS) is 11.1. The summed E-state index contributed by atoms with van der Waals surface area (Å²) >= 11 is 11.4. The topological polar surface area (TPSA) is 124 Å². The van der Waals surface area contributed by atoms with Gasteiger partial charge in [0.15, 0.2) is 0 Å². The quantitative estimate of drug-likeness (QED) is 0.149. The largest absolute Gasteiger partial charge is 0.353 e. The highest BCUT2D eigenvalue weighted by Crippen LogP contribution is 2.27. The van der Waals surface area contributed by atoms with Gasteiger partial charge in [-0.25, -0.2) is 9.37 Å². The molecule has 2 aromatic heterocycles. The predicted octanol–water partition coefficient (Wildman–Crippen LogP) is 4.33. The van der Waals surface area contributed by atoms with Gasteiger partial charge in [-0.1, -0.05) is 30.7 Å². The molecule has 37 heavy (non-hydrogen) atoms. The monoisotopic (exact) mass is 546 g/mol. The van der Waals surface area contributed by atoms with Gasteiger partial charge in [0.1, 0.15) is 16.3 Å². The van der Waals surface area contributed by atoms with E-state index in [1.807, 2.05) is 0 Å². The zero-order chi connectivity index (χ0) is 26.6. The number of nitrogens with zero attached hydrogens (tertiary/aromatic N) is 3. The highest BCUT2D eigenvalue weighted by atomic mass is 35.5. The number of aromatic amines is 1. The van der Waals surface area contributed by atoms with Gasteiger partial charge in [0.2, 0.25) is 5.91 Å². The van der Waals surface area contributed by atoms with Gasteiger partial charge >= 0.3 is 0 Å². The van der Waals surface area contributed by atoms with Gasteiger partial charge in [-0.3, -0.25) is 9.89 Å². The molecule has 3 rings (SSSR count). The van der Waals surface area contributed by atoms with Crippen LogP contribution in [-0.2, 0) is 4.79 Å². The first kappa shape index (κ1) is 28.6. The number of amides is 1. The van der Waals surface area contributed by atoms with E-state index in [0.29, 0.717) is 52.1 Å². The number of rotatable bonds is 14. The molecule has 3 aromatic rings. The molecule has 1 amide bonds. The minimum atomic E-state index is -0.452. The van der Waals surface area contributed by atoms with Crippen LogP contribution in [0.15, 0.2) is 42.6 Å². The van der Waals surface area contributed by atoms with E-state index in [1.54, 1.807) is 24.4 Å². The maximum Gasteiger partial charge on any atom is 0.226 e. The third kappa shape index (κ3) is 9.13. The Bertz CT molecular complexity index is 1240. The molecule has 9 nitrogen and oxygen atoms in total. The van der Waals surface area contributed by atoms with E-state index in [2.05, 4.69) is 43.0 Å². The van der Waals surface area contributed by atoms with Crippen molar-refractivity contribution in [3.63, 3.8) is 0 Å². The summed E-state index contributed by atoms with van der Waals surface area (Å²) in [5, 5.41) is 16.6. The van der Waals surface area contributed by atoms with Crippen molar-refractivity contribution in [1.82, 2.24) is 25.4 Å². The average molecular weight is 547 g/mol. The van der Waals surface area contributed by atoms with Crippen molar-refractivity contribution < 1.29 is 9.18 Å². The molecule has 0 aliphatic rings. The minimum absolute atomic E-state index is 0.124. The Kier molecular flexibility index (Phi) is 11.4. The average Bonchev–Trinajstić information content (AvgIpc) is 2.88. The van der Waals surface area contributed by atoms with Gasteiger partial charge in [-0.05, 0) is 43.3 Å². The molecule has 0 unspecified atom stereocenters. The Morgan fingerprint density at radius 3 is 2.81 bits per heavy atom. The van der Waals surface area contributed by atoms with Gasteiger partial charge in [0, 0.05) is 67.7 Å². The summed E-state index contributed by atoms with van der Waals surface area (Å²) in [6, 6.07) is 9.33. The predicted molar refractivity (Wildman–Crippen MR) is 149 cm³/mol.